The van der Waals surface area contributed by atoms with Crippen LogP contribution in [-0.2, 0) is 17.8 Å². The van der Waals surface area contributed by atoms with Crippen LogP contribution in [0.4, 0.5) is 0 Å². The molecule has 2 aromatic rings. The first kappa shape index (κ1) is 15.6. The minimum atomic E-state index is -0.353. The topological polar surface area (TPSA) is 51.9 Å². The second-order valence-corrected chi connectivity index (χ2v) is 5.73. The fraction of sp³-hybridized carbons (Fsp3) is 0.389. The molecule has 0 amide bonds. The van der Waals surface area contributed by atoms with Crippen LogP contribution in [0.15, 0.2) is 41.0 Å². The number of esters is 1. The predicted octanol–water partition coefficient (Wildman–Crippen LogP) is 3.24. The number of hydrogen-bond acceptors (Lipinski definition) is 5. The zero-order chi connectivity index (χ0) is 16.2. The van der Waals surface area contributed by atoms with Gasteiger partial charge < -0.3 is 13.9 Å². The molecule has 23 heavy (non-hydrogen) atoms. The first-order valence-electron chi connectivity index (χ1n) is 7.73. The molecule has 1 aliphatic carbocycles. The Bertz CT molecular complexity index is 658. The first-order valence-corrected chi connectivity index (χ1v) is 7.73. The minimum Gasteiger partial charge on any atom is -0.497 e. The van der Waals surface area contributed by atoms with Gasteiger partial charge >= 0.3 is 5.97 Å². The summed E-state index contributed by atoms with van der Waals surface area (Å²) in [6.07, 6.45) is 3.91. The van der Waals surface area contributed by atoms with E-state index in [2.05, 4.69) is 17.0 Å². The van der Waals surface area contributed by atoms with Crippen molar-refractivity contribution in [2.45, 2.75) is 32.0 Å². The predicted molar refractivity (Wildman–Crippen MR) is 85.3 cm³/mol. The minimum absolute atomic E-state index is 0.353. The van der Waals surface area contributed by atoms with Crippen LogP contribution in [-0.4, -0.2) is 31.1 Å². The average Bonchev–Trinajstić information content (AvgIpc) is 3.33. The average molecular weight is 315 g/mol. The summed E-state index contributed by atoms with van der Waals surface area (Å²) < 4.78 is 15.5. The van der Waals surface area contributed by atoms with E-state index < -0.39 is 0 Å². The van der Waals surface area contributed by atoms with Gasteiger partial charge in [0.15, 0.2) is 0 Å². The van der Waals surface area contributed by atoms with E-state index in [0.29, 0.717) is 23.9 Å². The largest absolute Gasteiger partial charge is 0.497 e. The molecule has 1 heterocycles. The van der Waals surface area contributed by atoms with E-state index in [1.54, 1.807) is 19.4 Å². The molecule has 1 saturated carbocycles. The summed E-state index contributed by atoms with van der Waals surface area (Å²) in [6, 6.07) is 10.3. The number of rotatable bonds is 7. The standard InChI is InChI=1S/C18H21NO4/c1-21-15-7-3-13(4-8-15)11-19(14-5-6-14)12-17-16(9-10-23-17)18(20)22-2/h3-4,7-10,14H,5-6,11-12H2,1-2H3. The molecule has 0 radical (unpaired) electrons. The molecule has 3 rings (SSSR count). The number of methoxy groups -OCH3 is 2. The smallest absolute Gasteiger partial charge is 0.341 e. The number of ether oxygens (including phenoxy) is 2. The van der Waals surface area contributed by atoms with Crippen molar-refractivity contribution in [3.05, 3.63) is 53.5 Å². The Labute approximate surface area is 135 Å². The van der Waals surface area contributed by atoms with E-state index in [9.17, 15) is 4.79 Å². The van der Waals surface area contributed by atoms with Crippen molar-refractivity contribution in [1.29, 1.82) is 0 Å². The maximum Gasteiger partial charge on any atom is 0.341 e. The van der Waals surface area contributed by atoms with Gasteiger partial charge in [0, 0.05) is 12.6 Å². The van der Waals surface area contributed by atoms with Crippen molar-refractivity contribution in [2.75, 3.05) is 14.2 Å². The molecule has 5 nitrogen and oxygen atoms in total. The number of nitrogens with zero attached hydrogens (tertiary/aromatic N) is 1. The summed E-state index contributed by atoms with van der Waals surface area (Å²) in [4.78, 5) is 14.1. The summed E-state index contributed by atoms with van der Waals surface area (Å²) in [5, 5.41) is 0. The van der Waals surface area contributed by atoms with Crippen molar-refractivity contribution >= 4 is 5.97 Å². The highest BCUT2D eigenvalue weighted by Crippen LogP contribution is 2.31. The number of furan rings is 1. The van der Waals surface area contributed by atoms with Crippen molar-refractivity contribution in [3.8, 4) is 5.75 Å². The van der Waals surface area contributed by atoms with Crippen molar-refractivity contribution in [3.63, 3.8) is 0 Å². The van der Waals surface area contributed by atoms with Gasteiger partial charge in [0.1, 0.15) is 17.1 Å². The van der Waals surface area contributed by atoms with E-state index in [0.717, 1.165) is 12.3 Å². The SMILES string of the molecule is COC(=O)c1ccoc1CN(Cc1ccc(OC)cc1)C1CC1. The molecule has 1 fully saturated rings. The maximum absolute atomic E-state index is 11.8. The lowest BCUT2D eigenvalue weighted by Crippen LogP contribution is -2.25. The fourth-order valence-electron chi connectivity index (χ4n) is 2.66. The molecule has 0 bridgehead atoms. The Morgan fingerprint density at radius 1 is 1.17 bits per heavy atom. The molecule has 122 valence electrons. The highest BCUT2D eigenvalue weighted by molar-refractivity contribution is 5.90. The highest BCUT2D eigenvalue weighted by atomic mass is 16.5. The molecule has 0 unspecified atom stereocenters. The van der Waals surface area contributed by atoms with Gasteiger partial charge in [0.2, 0.25) is 0 Å². The molecule has 5 heteroatoms. The van der Waals surface area contributed by atoms with Crippen molar-refractivity contribution in [2.24, 2.45) is 0 Å². The van der Waals surface area contributed by atoms with Crippen molar-refractivity contribution < 1.29 is 18.7 Å². The third-order valence-corrected chi connectivity index (χ3v) is 4.11. The third-order valence-electron chi connectivity index (χ3n) is 4.11. The maximum atomic E-state index is 11.8. The van der Waals surface area contributed by atoms with Crippen LogP contribution in [0.5, 0.6) is 5.75 Å². The van der Waals surface area contributed by atoms with Gasteiger partial charge in [-0.25, -0.2) is 4.79 Å². The van der Waals surface area contributed by atoms with Gasteiger partial charge in [-0.05, 0) is 36.6 Å². The summed E-state index contributed by atoms with van der Waals surface area (Å²) in [6.45, 7) is 1.42. The first-order chi connectivity index (χ1) is 11.2. The molecule has 0 atom stereocenters. The van der Waals surface area contributed by atoms with Crippen LogP contribution >= 0.6 is 0 Å². The molecule has 1 aromatic carbocycles. The second-order valence-electron chi connectivity index (χ2n) is 5.73. The van der Waals surface area contributed by atoms with Gasteiger partial charge in [-0.15, -0.1) is 0 Å². The van der Waals surface area contributed by atoms with Gasteiger partial charge in [-0.1, -0.05) is 12.1 Å². The molecule has 1 aromatic heterocycles. The highest BCUT2D eigenvalue weighted by Gasteiger charge is 2.30. The third kappa shape index (κ3) is 3.74. The van der Waals surface area contributed by atoms with Crippen LogP contribution < -0.4 is 4.74 Å². The lowest BCUT2D eigenvalue weighted by molar-refractivity contribution is 0.0596. The molecule has 1 aliphatic rings. The van der Waals surface area contributed by atoms with Gasteiger partial charge in [-0.3, -0.25) is 4.90 Å². The van der Waals surface area contributed by atoms with E-state index in [1.165, 1.54) is 25.5 Å². The Morgan fingerprint density at radius 2 is 1.91 bits per heavy atom. The van der Waals surface area contributed by atoms with Gasteiger partial charge in [0.05, 0.1) is 27.0 Å². The van der Waals surface area contributed by atoms with Gasteiger partial charge in [-0.2, -0.15) is 0 Å². The monoisotopic (exact) mass is 315 g/mol. The molecule has 0 spiro atoms. The zero-order valence-corrected chi connectivity index (χ0v) is 13.5. The summed E-state index contributed by atoms with van der Waals surface area (Å²) in [5.41, 5.74) is 1.72. The molecular weight excluding hydrogens is 294 g/mol. The Balaban J connectivity index is 1.72. The molecular formula is C18H21NO4. The number of hydrogen-bond donors (Lipinski definition) is 0. The number of carbonyl (C=O) groups excluding carboxylic acids is 1. The summed E-state index contributed by atoms with van der Waals surface area (Å²) in [5.74, 6) is 1.16. The van der Waals surface area contributed by atoms with Crippen LogP contribution in [0, 0.1) is 0 Å². The van der Waals surface area contributed by atoms with E-state index >= 15 is 0 Å². The van der Waals surface area contributed by atoms with Gasteiger partial charge in [0.25, 0.3) is 0 Å². The van der Waals surface area contributed by atoms with Crippen LogP contribution in [0.2, 0.25) is 0 Å². The van der Waals surface area contributed by atoms with Crippen molar-refractivity contribution in [1.82, 2.24) is 4.90 Å². The Kier molecular flexibility index (Phi) is 4.67. The summed E-state index contributed by atoms with van der Waals surface area (Å²) in [7, 11) is 3.05. The lowest BCUT2D eigenvalue weighted by Gasteiger charge is -2.21. The molecule has 0 aliphatic heterocycles. The van der Waals surface area contributed by atoms with Crippen LogP contribution in [0.25, 0.3) is 0 Å². The number of benzene rings is 1. The zero-order valence-electron chi connectivity index (χ0n) is 13.5. The molecule has 0 saturated heterocycles. The van der Waals surface area contributed by atoms with E-state index in [-0.39, 0.29) is 5.97 Å². The van der Waals surface area contributed by atoms with E-state index in [4.69, 9.17) is 13.9 Å². The summed E-state index contributed by atoms with van der Waals surface area (Å²) >= 11 is 0. The van der Waals surface area contributed by atoms with E-state index in [1.807, 2.05) is 12.1 Å². The lowest BCUT2D eigenvalue weighted by atomic mass is 10.2. The van der Waals surface area contributed by atoms with Crippen LogP contribution in [0.1, 0.15) is 34.5 Å². The fourth-order valence-corrected chi connectivity index (χ4v) is 2.66. The second kappa shape index (κ2) is 6.87. The van der Waals surface area contributed by atoms with Crippen LogP contribution in [0.3, 0.4) is 0 Å². The Hall–Kier alpha value is -2.27. The normalized spacial score (nSPS) is 14.0. The quantitative estimate of drug-likeness (QED) is 0.734. The number of carbonyl (C=O) groups is 1. The Morgan fingerprint density at radius 3 is 2.52 bits per heavy atom. The molecule has 0 N–H and O–H groups in total.